The van der Waals surface area contributed by atoms with Gasteiger partial charge in [-0.25, -0.2) is 0 Å². The van der Waals surface area contributed by atoms with E-state index >= 15 is 0 Å². The lowest BCUT2D eigenvalue weighted by molar-refractivity contribution is 0.150. The van der Waals surface area contributed by atoms with Crippen molar-refractivity contribution in [3.63, 3.8) is 0 Å². The fourth-order valence-electron chi connectivity index (χ4n) is 4.27. The molecule has 1 saturated carbocycles. The van der Waals surface area contributed by atoms with Gasteiger partial charge in [-0.1, -0.05) is 29.6 Å². The first-order chi connectivity index (χ1) is 14.2. The van der Waals surface area contributed by atoms with Crippen molar-refractivity contribution in [1.29, 1.82) is 0 Å². The second-order valence-electron chi connectivity index (χ2n) is 7.84. The second-order valence-corrected chi connectivity index (χ2v) is 8.27. The number of halogens is 1. The van der Waals surface area contributed by atoms with Gasteiger partial charge in [-0.15, -0.1) is 0 Å². The first kappa shape index (κ1) is 20.2. The molecule has 0 spiro atoms. The number of nitrogens with zero attached hydrogens (tertiary/aromatic N) is 4. The molecule has 2 heterocycles. The fourth-order valence-corrected chi connectivity index (χ4v) is 4.39. The summed E-state index contributed by atoms with van der Waals surface area (Å²) < 4.78 is 5.36. The lowest BCUT2D eigenvalue weighted by Crippen LogP contribution is -2.50. The minimum absolute atomic E-state index is 0.432. The number of likely N-dealkylation sites (tertiary alicyclic amines) is 1. The molecule has 1 saturated heterocycles. The van der Waals surface area contributed by atoms with Gasteiger partial charge < -0.3 is 20.1 Å². The number of piperidine rings is 1. The van der Waals surface area contributed by atoms with Crippen molar-refractivity contribution in [1.82, 2.24) is 25.7 Å². The molecule has 8 heteroatoms. The average molecular weight is 417 g/mol. The molecule has 0 amide bonds. The van der Waals surface area contributed by atoms with E-state index in [1.54, 1.807) is 7.05 Å². The SMILES string of the molecule is CN=C(NCc1nc(-c2ccc(Cl)cc2)no1)NC1CCN(C2CCCC2)CC1. The molecule has 7 nitrogen and oxygen atoms in total. The summed E-state index contributed by atoms with van der Waals surface area (Å²) in [6, 6.07) is 8.65. The lowest BCUT2D eigenvalue weighted by atomic mass is 10.0. The Morgan fingerprint density at radius 3 is 2.59 bits per heavy atom. The number of benzene rings is 1. The highest BCUT2D eigenvalue weighted by atomic mass is 35.5. The minimum atomic E-state index is 0.432. The van der Waals surface area contributed by atoms with Gasteiger partial charge in [0, 0.05) is 42.8 Å². The summed E-state index contributed by atoms with van der Waals surface area (Å²) in [5.74, 6) is 1.85. The van der Waals surface area contributed by atoms with E-state index in [1.807, 2.05) is 24.3 Å². The number of nitrogens with one attached hydrogen (secondary N) is 2. The molecule has 0 unspecified atom stereocenters. The number of aliphatic imine (C=N–C) groups is 1. The summed E-state index contributed by atoms with van der Waals surface area (Å²) in [5.41, 5.74) is 0.876. The van der Waals surface area contributed by atoms with Crippen LogP contribution in [0, 0.1) is 0 Å². The van der Waals surface area contributed by atoms with Crippen LogP contribution in [0.2, 0.25) is 5.02 Å². The molecule has 2 N–H and O–H groups in total. The predicted octanol–water partition coefficient (Wildman–Crippen LogP) is 3.46. The Balaban J connectivity index is 1.24. The Bertz CT molecular complexity index is 807. The van der Waals surface area contributed by atoms with Crippen LogP contribution in [0.1, 0.15) is 44.4 Å². The molecule has 2 fully saturated rings. The van der Waals surface area contributed by atoms with Gasteiger partial charge in [-0.3, -0.25) is 4.99 Å². The van der Waals surface area contributed by atoms with Crippen LogP contribution in [0.15, 0.2) is 33.8 Å². The molecule has 0 bridgehead atoms. The van der Waals surface area contributed by atoms with E-state index in [9.17, 15) is 0 Å². The first-order valence-corrected chi connectivity index (χ1v) is 10.9. The van der Waals surface area contributed by atoms with E-state index in [1.165, 1.54) is 38.8 Å². The number of aromatic nitrogens is 2. The molecule has 4 rings (SSSR count). The molecule has 1 aromatic heterocycles. The summed E-state index contributed by atoms with van der Waals surface area (Å²) in [7, 11) is 1.79. The van der Waals surface area contributed by atoms with Crippen LogP contribution in [0.5, 0.6) is 0 Å². The summed E-state index contributed by atoms with van der Waals surface area (Å²) in [6.45, 7) is 2.78. The zero-order valence-corrected chi connectivity index (χ0v) is 17.7. The second kappa shape index (κ2) is 9.59. The zero-order chi connectivity index (χ0) is 20.1. The molecule has 156 valence electrons. The summed E-state index contributed by atoms with van der Waals surface area (Å²) in [4.78, 5) is 11.5. The van der Waals surface area contributed by atoms with Crippen LogP contribution in [0.4, 0.5) is 0 Å². The molecule has 2 aromatic rings. The van der Waals surface area contributed by atoms with Crippen molar-refractivity contribution >= 4 is 17.6 Å². The highest BCUT2D eigenvalue weighted by Crippen LogP contribution is 2.26. The molecule has 1 aromatic carbocycles. The summed E-state index contributed by atoms with van der Waals surface area (Å²) >= 11 is 5.93. The quantitative estimate of drug-likeness (QED) is 0.574. The lowest BCUT2D eigenvalue weighted by Gasteiger charge is -2.36. The van der Waals surface area contributed by atoms with Crippen molar-refractivity contribution in [2.45, 2.75) is 57.2 Å². The van der Waals surface area contributed by atoms with Crippen LogP contribution >= 0.6 is 11.6 Å². The van der Waals surface area contributed by atoms with E-state index in [-0.39, 0.29) is 0 Å². The van der Waals surface area contributed by atoms with Crippen molar-refractivity contribution in [2.75, 3.05) is 20.1 Å². The van der Waals surface area contributed by atoms with Crippen LogP contribution in [0.3, 0.4) is 0 Å². The van der Waals surface area contributed by atoms with Gasteiger partial charge in [-0.05, 0) is 49.9 Å². The number of hydrogen-bond donors (Lipinski definition) is 2. The van der Waals surface area contributed by atoms with Gasteiger partial charge in [0.2, 0.25) is 11.7 Å². The Hall–Kier alpha value is -2.12. The number of hydrogen-bond acceptors (Lipinski definition) is 5. The van der Waals surface area contributed by atoms with E-state index in [2.05, 4.69) is 30.7 Å². The standard InChI is InChI=1S/C21H29ClN6O/c1-23-21(25-17-10-12-28(13-11-17)18-4-2-3-5-18)24-14-19-26-20(27-29-19)15-6-8-16(22)9-7-15/h6-9,17-18H,2-5,10-14H2,1H3,(H2,23,24,25). The van der Waals surface area contributed by atoms with E-state index in [0.29, 0.717) is 29.3 Å². The average Bonchev–Trinajstić information content (AvgIpc) is 3.44. The third-order valence-corrected chi connectivity index (χ3v) is 6.16. The Kier molecular flexibility index (Phi) is 6.67. The Labute approximate surface area is 176 Å². The summed E-state index contributed by atoms with van der Waals surface area (Å²) in [5, 5.41) is 11.6. The van der Waals surface area contributed by atoms with Crippen molar-refractivity contribution in [2.24, 2.45) is 4.99 Å². The predicted molar refractivity (Wildman–Crippen MR) is 115 cm³/mol. The molecule has 0 atom stereocenters. The normalized spacial score (nSPS) is 19.6. The molecular weight excluding hydrogens is 388 g/mol. The third-order valence-electron chi connectivity index (χ3n) is 5.91. The maximum Gasteiger partial charge on any atom is 0.246 e. The molecule has 2 aliphatic rings. The number of guanidine groups is 1. The van der Waals surface area contributed by atoms with Gasteiger partial charge in [0.1, 0.15) is 0 Å². The highest BCUT2D eigenvalue weighted by Gasteiger charge is 2.27. The molecule has 1 aliphatic carbocycles. The Morgan fingerprint density at radius 2 is 1.90 bits per heavy atom. The maximum atomic E-state index is 5.93. The fraction of sp³-hybridized carbons (Fsp3) is 0.571. The highest BCUT2D eigenvalue weighted by molar-refractivity contribution is 6.30. The van der Waals surface area contributed by atoms with Crippen LogP contribution < -0.4 is 10.6 Å². The maximum absolute atomic E-state index is 5.93. The summed E-state index contributed by atoms with van der Waals surface area (Å²) in [6.07, 6.45) is 7.85. The molecule has 0 radical (unpaired) electrons. The molecular formula is C21H29ClN6O. The minimum Gasteiger partial charge on any atom is -0.354 e. The van der Waals surface area contributed by atoms with Crippen molar-refractivity contribution < 1.29 is 4.52 Å². The third kappa shape index (κ3) is 5.28. The van der Waals surface area contributed by atoms with Gasteiger partial charge in [0.05, 0.1) is 6.54 Å². The van der Waals surface area contributed by atoms with Crippen molar-refractivity contribution in [3.8, 4) is 11.4 Å². The largest absolute Gasteiger partial charge is 0.354 e. The zero-order valence-electron chi connectivity index (χ0n) is 16.9. The molecule has 1 aliphatic heterocycles. The van der Waals surface area contributed by atoms with Gasteiger partial charge in [-0.2, -0.15) is 4.98 Å². The van der Waals surface area contributed by atoms with Crippen LogP contribution in [-0.4, -0.2) is 53.2 Å². The number of rotatable bonds is 5. The van der Waals surface area contributed by atoms with E-state index < -0.39 is 0 Å². The molecule has 29 heavy (non-hydrogen) atoms. The van der Waals surface area contributed by atoms with Crippen LogP contribution in [-0.2, 0) is 6.54 Å². The Morgan fingerprint density at radius 1 is 1.17 bits per heavy atom. The smallest absolute Gasteiger partial charge is 0.246 e. The first-order valence-electron chi connectivity index (χ1n) is 10.5. The van der Waals surface area contributed by atoms with Crippen molar-refractivity contribution in [3.05, 3.63) is 35.2 Å². The van der Waals surface area contributed by atoms with Gasteiger partial charge in [0.25, 0.3) is 0 Å². The van der Waals surface area contributed by atoms with E-state index in [4.69, 9.17) is 16.1 Å². The van der Waals surface area contributed by atoms with Gasteiger partial charge >= 0.3 is 0 Å². The monoisotopic (exact) mass is 416 g/mol. The van der Waals surface area contributed by atoms with Gasteiger partial charge in [0.15, 0.2) is 5.96 Å². The topological polar surface area (TPSA) is 78.6 Å². The van der Waals surface area contributed by atoms with E-state index in [0.717, 1.165) is 30.4 Å². The van der Waals surface area contributed by atoms with Crippen LogP contribution in [0.25, 0.3) is 11.4 Å².